The van der Waals surface area contributed by atoms with E-state index in [1.54, 1.807) is 0 Å². The van der Waals surface area contributed by atoms with Crippen LogP contribution in [0.3, 0.4) is 0 Å². The number of aromatic amines is 1. The van der Waals surface area contributed by atoms with Crippen molar-refractivity contribution in [3.05, 3.63) is 64.2 Å². The Labute approximate surface area is 120 Å². The fourth-order valence-electron chi connectivity index (χ4n) is 2.40. The Balaban J connectivity index is 2.23. The predicted molar refractivity (Wildman–Crippen MR) is 79.7 cm³/mol. The highest BCUT2D eigenvalue weighted by atomic mass is 16.6. The third kappa shape index (κ3) is 2.35. The molecule has 0 amide bonds. The van der Waals surface area contributed by atoms with Gasteiger partial charge >= 0.3 is 0 Å². The molecule has 3 rings (SSSR count). The van der Waals surface area contributed by atoms with Crippen LogP contribution in [0.4, 0.5) is 5.69 Å². The molecule has 0 atom stereocenters. The number of rotatable bonds is 3. The lowest BCUT2D eigenvalue weighted by Gasteiger charge is -1.98. The number of nitrogens with zero attached hydrogens (tertiary/aromatic N) is 2. The molecule has 2 aromatic carbocycles. The molecule has 0 unspecified atom stereocenters. The molecule has 0 aliphatic carbocycles. The Morgan fingerprint density at radius 2 is 1.95 bits per heavy atom. The van der Waals surface area contributed by atoms with Crippen molar-refractivity contribution in [1.29, 1.82) is 5.26 Å². The second-order valence-electron chi connectivity index (χ2n) is 4.72. The van der Waals surface area contributed by atoms with E-state index >= 15 is 0 Å². The van der Waals surface area contributed by atoms with Gasteiger partial charge in [-0.3, -0.25) is 10.1 Å². The van der Waals surface area contributed by atoms with Crippen LogP contribution in [-0.4, -0.2) is 9.91 Å². The van der Waals surface area contributed by atoms with Crippen LogP contribution in [0.2, 0.25) is 0 Å². The van der Waals surface area contributed by atoms with Gasteiger partial charge in [-0.2, -0.15) is 5.26 Å². The fourth-order valence-corrected chi connectivity index (χ4v) is 2.40. The molecule has 0 fully saturated rings. The maximum absolute atomic E-state index is 11.2. The average Bonchev–Trinajstić information content (AvgIpc) is 2.91. The maximum atomic E-state index is 11.2. The summed E-state index contributed by atoms with van der Waals surface area (Å²) >= 11 is 0. The van der Waals surface area contributed by atoms with Crippen molar-refractivity contribution in [2.24, 2.45) is 0 Å². The highest BCUT2D eigenvalue weighted by Gasteiger charge is 2.16. The number of aromatic nitrogens is 1. The number of hydrogen-bond donors (Lipinski definition) is 1. The third-order valence-electron chi connectivity index (χ3n) is 3.33. The SMILES string of the molecule is N#CCc1cc([N+](=O)[O-])c2[nH]c(-c3ccccc3)cc2c1. The molecule has 1 aromatic heterocycles. The quantitative estimate of drug-likeness (QED) is 0.583. The van der Waals surface area contributed by atoms with Crippen molar-refractivity contribution in [3.8, 4) is 17.3 Å². The maximum Gasteiger partial charge on any atom is 0.293 e. The molecule has 0 aliphatic rings. The number of nitro benzene ring substituents is 1. The summed E-state index contributed by atoms with van der Waals surface area (Å²) in [5.41, 5.74) is 2.92. The van der Waals surface area contributed by atoms with E-state index in [4.69, 9.17) is 5.26 Å². The number of hydrogen-bond acceptors (Lipinski definition) is 3. The van der Waals surface area contributed by atoms with Crippen LogP contribution in [0, 0.1) is 21.4 Å². The standard InChI is InChI=1S/C16H11N3O2/c17-7-6-11-8-13-10-14(12-4-2-1-3-5-12)18-16(13)15(9-11)19(20)21/h1-5,8-10,18H,6H2. The van der Waals surface area contributed by atoms with Gasteiger partial charge in [0.1, 0.15) is 5.52 Å². The zero-order valence-corrected chi connectivity index (χ0v) is 11.0. The first-order chi connectivity index (χ1) is 10.2. The minimum Gasteiger partial charge on any atom is -0.349 e. The molecular formula is C16H11N3O2. The van der Waals surface area contributed by atoms with Gasteiger partial charge < -0.3 is 4.98 Å². The summed E-state index contributed by atoms with van der Waals surface area (Å²) in [6.45, 7) is 0. The van der Waals surface area contributed by atoms with Crippen LogP contribution < -0.4 is 0 Å². The van der Waals surface area contributed by atoms with E-state index in [2.05, 4.69) is 4.98 Å². The molecule has 0 radical (unpaired) electrons. The van der Waals surface area contributed by atoms with Gasteiger partial charge in [0, 0.05) is 17.1 Å². The second kappa shape index (κ2) is 5.10. The van der Waals surface area contributed by atoms with Crippen molar-refractivity contribution in [1.82, 2.24) is 4.98 Å². The second-order valence-corrected chi connectivity index (χ2v) is 4.72. The minimum atomic E-state index is -0.422. The highest BCUT2D eigenvalue weighted by molar-refractivity contribution is 5.93. The molecule has 0 bridgehead atoms. The number of nitro groups is 1. The summed E-state index contributed by atoms with van der Waals surface area (Å²) in [6, 6.07) is 16.8. The van der Waals surface area contributed by atoms with Crippen LogP contribution in [0.5, 0.6) is 0 Å². The van der Waals surface area contributed by atoms with Crippen molar-refractivity contribution in [2.45, 2.75) is 6.42 Å². The molecule has 0 saturated carbocycles. The lowest BCUT2D eigenvalue weighted by Crippen LogP contribution is -1.92. The number of nitriles is 1. The smallest absolute Gasteiger partial charge is 0.293 e. The van der Waals surface area contributed by atoms with Crippen molar-refractivity contribution >= 4 is 16.6 Å². The summed E-state index contributed by atoms with van der Waals surface area (Å²) in [4.78, 5) is 13.9. The first-order valence-corrected chi connectivity index (χ1v) is 6.41. The molecule has 0 saturated heterocycles. The monoisotopic (exact) mass is 277 g/mol. The minimum absolute atomic E-state index is 0.0000638. The lowest BCUT2D eigenvalue weighted by molar-refractivity contribution is -0.383. The van der Waals surface area contributed by atoms with Crippen LogP contribution in [-0.2, 0) is 6.42 Å². The summed E-state index contributed by atoms with van der Waals surface area (Å²) in [7, 11) is 0. The highest BCUT2D eigenvalue weighted by Crippen LogP contribution is 2.31. The Kier molecular flexibility index (Phi) is 3.13. The average molecular weight is 277 g/mol. The van der Waals surface area contributed by atoms with Gasteiger partial charge in [-0.15, -0.1) is 0 Å². The van der Waals surface area contributed by atoms with Gasteiger partial charge in [0.15, 0.2) is 0 Å². The largest absolute Gasteiger partial charge is 0.349 e. The van der Waals surface area contributed by atoms with E-state index in [1.165, 1.54) is 6.07 Å². The normalized spacial score (nSPS) is 10.4. The van der Waals surface area contributed by atoms with Crippen molar-refractivity contribution in [2.75, 3.05) is 0 Å². The third-order valence-corrected chi connectivity index (χ3v) is 3.33. The summed E-state index contributed by atoms with van der Waals surface area (Å²) in [5, 5.41) is 20.7. The number of non-ortho nitro benzene ring substituents is 1. The molecule has 21 heavy (non-hydrogen) atoms. The van der Waals surface area contributed by atoms with Crippen LogP contribution in [0.15, 0.2) is 48.5 Å². The van der Waals surface area contributed by atoms with Gasteiger partial charge in [-0.25, -0.2) is 0 Å². The first kappa shape index (κ1) is 12.9. The van der Waals surface area contributed by atoms with E-state index in [0.717, 1.165) is 16.6 Å². The molecule has 0 aliphatic heterocycles. The van der Waals surface area contributed by atoms with E-state index in [-0.39, 0.29) is 12.1 Å². The van der Waals surface area contributed by atoms with E-state index in [0.29, 0.717) is 11.1 Å². The Hall–Kier alpha value is -3.13. The number of H-pyrrole nitrogens is 1. The number of benzene rings is 2. The Bertz CT molecular complexity index is 860. The molecular weight excluding hydrogens is 266 g/mol. The Morgan fingerprint density at radius 3 is 2.62 bits per heavy atom. The zero-order valence-electron chi connectivity index (χ0n) is 11.0. The van der Waals surface area contributed by atoms with Crippen LogP contribution in [0.25, 0.3) is 22.2 Å². The fraction of sp³-hybridized carbons (Fsp3) is 0.0625. The molecule has 5 nitrogen and oxygen atoms in total. The van der Waals surface area contributed by atoms with Gasteiger partial charge in [0.2, 0.25) is 0 Å². The van der Waals surface area contributed by atoms with E-state index < -0.39 is 4.92 Å². The van der Waals surface area contributed by atoms with Crippen LogP contribution >= 0.6 is 0 Å². The van der Waals surface area contributed by atoms with Crippen molar-refractivity contribution in [3.63, 3.8) is 0 Å². The van der Waals surface area contributed by atoms with Crippen molar-refractivity contribution < 1.29 is 4.92 Å². The summed E-state index contributed by atoms with van der Waals surface area (Å²) < 4.78 is 0. The van der Waals surface area contributed by atoms with Crippen LogP contribution in [0.1, 0.15) is 5.56 Å². The van der Waals surface area contributed by atoms with Gasteiger partial charge in [0.25, 0.3) is 5.69 Å². The molecule has 102 valence electrons. The first-order valence-electron chi connectivity index (χ1n) is 6.41. The van der Waals surface area contributed by atoms with E-state index in [9.17, 15) is 10.1 Å². The summed E-state index contributed by atoms with van der Waals surface area (Å²) in [6.07, 6.45) is 0.155. The van der Waals surface area contributed by atoms with Gasteiger partial charge in [-0.1, -0.05) is 30.3 Å². The topological polar surface area (TPSA) is 82.7 Å². The molecule has 3 aromatic rings. The Morgan fingerprint density at radius 1 is 1.19 bits per heavy atom. The number of fused-ring (bicyclic) bond motifs is 1. The predicted octanol–water partition coefficient (Wildman–Crippen LogP) is 3.81. The molecule has 1 heterocycles. The number of nitrogens with one attached hydrogen (secondary N) is 1. The molecule has 5 heteroatoms. The molecule has 1 N–H and O–H groups in total. The van der Waals surface area contributed by atoms with E-state index in [1.807, 2.05) is 48.5 Å². The summed E-state index contributed by atoms with van der Waals surface area (Å²) in [5.74, 6) is 0. The van der Waals surface area contributed by atoms with Gasteiger partial charge in [0.05, 0.1) is 17.4 Å². The molecule has 0 spiro atoms. The lowest BCUT2D eigenvalue weighted by atomic mass is 10.1. The zero-order chi connectivity index (χ0) is 14.8. The van der Waals surface area contributed by atoms with Gasteiger partial charge in [-0.05, 0) is 23.3 Å².